The zero-order valence-electron chi connectivity index (χ0n) is 10.3. The monoisotopic (exact) mass is 261 g/mol. The molecule has 0 saturated carbocycles. The fourth-order valence-corrected chi connectivity index (χ4v) is 1.99. The van der Waals surface area contributed by atoms with Gasteiger partial charge in [-0.3, -0.25) is 0 Å². The van der Waals surface area contributed by atoms with Crippen molar-refractivity contribution >= 4 is 23.0 Å². The maximum absolute atomic E-state index is 5.72. The van der Waals surface area contributed by atoms with Crippen molar-refractivity contribution in [1.82, 2.24) is 14.5 Å². The lowest BCUT2D eigenvalue weighted by molar-refractivity contribution is 0.810. The molecule has 0 fully saturated rings. The van der Waals surface area contributed by atoms with Crippen molar-refractivity contribution in [3.63, 3.8) is 0 Å². The summed E-state index contributed by atoms with van der Waals surface area (Å²) >= 11 is 5.05. The molecule has 18 heavy (non-hydrogen) atoms. The van der Waals surface area contributed by atoms with Gasteiger partial charge in [-0.2, -0.15) is 0 Å². The number of hydrogen-bond acceptors (Lipinski definition) is 4. The van der Waals surface area contributed by atoms with Crippen molar-refractivity contribution in [2.24, 2.45) is 12.8 Å². The minimum Gasteiger partial charge on any atom is -0.389 e. The van der Waals surface area contributed by atoms with E-state index in [1.165, 1.54) is 0 Å². The molecule has 2 heterocycles. The Bertz CT molecular complexity index is 576. The van der Waals surface area contributed by atoms with Gasteiger partial charge >= 0.3 is 0 Å². The fourth-order valence-electron chi connectivity index (χ4n) is 1.73. The quantitative estimate of drug-likeness (QED) is 0.814. The number of anilines is 1. The van der Waals surface area contributed by atoms with E-state index < -0.39 is 0 Å². The van der Waals surface area contributed by atoms with E-state index in [-0.39, 0.29) is 0 Å². The third kappa shape index (κ3) is 2.48. The summed E-state index contributed by atoms with van der Waals surface area (Å²) in [6, 6.07) is 1.89. The van der Waals surface area contributed by atoms with Gasteiger partial charge in [-0.05, 0) is 18.6 Å². The summed E-state index contributed by atoms with van der Waals surface area (Å²) in [7, 11) is 1.95. The first kappa shape index (κ1) is 12.5. The lowest BCUT2D eigenvalue weighted by Gasteiger charge is -2.12. The number of aromatic nitrogens is 3. The molecule has 0 bridgehead atoms. The molecule has 0 radical (unpaired) electrons. The number of hydrogen-bond donors (Lipinski definition) is 2. The lowest BCUT2D eigenvalue weighted by Crippen LogP contribution is -2.16. The molecule has 2 rings (SSSR count). The maximum Gasteiger partial charge on any atom is 0.136 e. The first-order chi connectivity index (χ1) is 8.59. The average Bonchev–Trinajstić information content (AvgIpc) is 2.71. The van der Waals surface area contributed by atoms with Crippen molar-refractivity contribution in [3.05, 3.63) is 41.6 Å². The van der Waals surface area contributed by atoms with Gasteiger partial charge in [-0.1, -0.05) is 12.2 Å². The number of imidazole rings is 1. The van der Waals surface area contributed by atoms with Crippen LogP contribution in [0.25, 0.3) is 0 Å². The third-order valence-corrected chi connectivity index (χ3v) is 2.94. The van der Waals surface area contributed by atoms with E-state index in [4.69, 9.17) is 18.0 Å². The number of aryl methyl sites for hydroxylation is 2. The van der Waals surface area contributed by atoms with E-state index in [1.807, 2.05) is 30.8 Å². The van der Waals surface area contributed by atoms with Crippen LogP contribution in [0, 0.1) is 6.92 Å². The first-order valence-electron chi connectivity index (χ1n) is 5.55. The molecule has 0 saturated heterocycles. The van der Waals surface area contributed by atoms with E-state index >= 15 is 0 Å². The molecule has 0 aliphatic carbocycles. The Morgan fingerprint density at radius 3 is 2.83 bits per heavy atom. The second-order valence-corrected chi connectivity index (χ2v) is 4.46. The smallest absolute Gasteiger partial charge is 0.136 e. The largest absolute Gasteiger partial charge is 0.389 e. The molecule has 0 amide bonds. The average molecular weight is 261 g/mol. The summed E-state index contributed by atoms with van der Waals surface area (Å²) in [5.41, 5.74) is 7.53. The van der Waals surface area contributed by atoms with Crippen LogP contribution in [0.5, 0.6) is 0 Å². The second kappa shape index (κ2) is 5.14. The van der Waals surface area contributed by atoms with Crippen molar-refractivity contribution in [3.8, 4) is 0 Å². The normalized spacial score (nSPS) is 10.3. The minimum absolute atomic E-state index is 0.350. The van der Waals surface area contributed by atoms with Crippen LogP contribution in [0.2, 0.25) is 0 Å². The number of rotatable bonds is 4. The first-order valence-corrected chi connectivity index (χ1v) is 5.96. The molecule has 0 atom stereocenters. The van der Waals surface area contributed by atoms with Crippen LogP contribution >= 0.6 is 12.2 Å². The van der Waals surface area contributed by atoms with Crippen LogP contribution < -0.4 is 11.1 Å². The van der Waals surface area contributed by atoms with Gasteiger partial charge in [0.25, 0.3) is 0 Å². The van der Waals surface area contributed by atoms with Crippen LogP contribution in [-0.2, 0) is 13.6 Å². The molecule has 0 aliphatic rings. The van der Waals surface area contributed by atoms with Crippen LogP contribution in [0.15, 0.2) is 24.7 Å². The summed E-state index contributed by atoms with van der Waals surface area (Å²) in [6.07, 6.45) is 5.39. The van der Waals surface area contributed by atoms with Gasteiger partial charge in [0, 0.05) is 25.6 Å². The number of pyridine rings is 1. The highest BCUT2D eigenvalue weighted by Gasteiger charge is 2.10. The Labute approximate surface area is 111 Å². The van der Waals surface area contributed by atoms with Gasteiger partial charge in [0.1, 0.15) is 16.6 Å². The zero-order valence-corrected chi connectivity index (χ0v) is 11.2. The van der Waals surface area contributed by atoms with Crippen molar-refractivity contribution in [1.29, 1.82) is 0 Å². The second-order valence-electron chi connectivity index (χ2n) is 4.02. The maximum atomic E-state index is 5.72. The summed E-state index contributed by atoms with van der Waals surface area (Å²) in [6.45, 7) is 2.54. The Kier molecular flexibility index (Phi) is 3.57. The predicted molar refractivity (Wildman–Crippen MR) is 75.4 cm³/mol. The standard InChI is InChI=1S/C12H15N5S/c1-8-3-4-15-12(10(8)11(13)18)16-7-9-14-5-6-17(9)2/h3-6H,7H2,1-2H3,(H2,13,18)(H,15,16). The van der Waals surface area contributed by atoms with E-state index in [0.29, 0.717) is 17.4 Å². The highest BCUT2D eigenvalue weighted by molar-refractivity contribution is 7.80. The van der Waals surface area contributed by atoms with Crippen molar-refractivity contribution in [2.75, 3.05) is 5.32 Å². The molecule has 94 valence electrons. The summed E-state index contributed by atoms with van der Waals surface area (Å²) in [4.78, 5) is 8.86. The van der Waals surface area contributed by atoms with Gasteiger partial charge in [0.15, 0.2) is 0 Å². The van der Waals surface area contributed by atoms with Crippen LogP contribution in [0.4, 0.5) is 5.82 Å². The van der Waals surface area contributed by atoms with E-state index in [0.717, 1.165) is 17.0 Å². The minimum atomic E-state index is 0.350. The highest BCUT2D eigenvalue weighted by atomic mass is 32.1. The van der Waals surface area contributed by atoms with Gasteiger partial charge in [0.2, 0.25) is 0 Å². The summed E-state index contributed by atoms with van der Waals surface area (Å²) in [5, 5.41) is 3.22. The summed E-state index contributed by atoms with van der Waals surface area (Å²) < 4.78 is 1.95. The Morgan fingerprint density at radius 2 is 2.22 bits per heavy atom. The molecule has 2 aromatic heterocycles. The topological polar surface area (TPSA) is 68.8 Å². The lowest BCUT2D eigenvalue weighted by atomic mass is 10.1. The molecule has 0 spiro atoms. The SMILES string of the molecule is Cc1ccnc(NCc2nccn2C)c1C(N)=S. The number of nitrogens with one attached hydrogen (secondary N) is 1. The van der Waals surface area contributed by atoms with E-state index in [1.54, 1.807) is 12.4 Å². The third-order valence-electron chi connectivity index (χ3n) is 2.74. The van der Waals surface area contributed by atoms with E-state index in [2.05, 4.69) is 15.3 Å². The molecule has 2 aromatic rings. The van der Waals surface area contributed by atoms with Gasteiger partial charge in [-0.15, -0.1) is 0 Å². The molecule has 0 aliphatic heterocycles. The fraction of sp³-hybridized carbons (Fsp3) is 0.250. The Morgan fingerprint density at radius 1 is 1.44 bits per heavy atom. The Balaban J connectivity index is 2.22. The number of nitrogens with zero attached hydrogens (tertiary/aromatic N) is 3. The van der Waals surface area contributed by atoms with Gasteiger partial charge in [-0.25, -0.2) is 9.97 Å². The van der Waals surface area contributed by atoms with Crippen LogP contribution in [0.3, 0.4) is 0 Å². The number of nitrogens with two attached hydrogens (primary N) is 1. The molecular weight excluding hydrogens is 246 g/mol. The van der Waals surface area contributed by atoms with E-state index in [9.17, 15) is 0 Å². The van der Waals surface area contributed by atoms with Gasteiger partial charge in [0.05, 0.1) is 12.1 Å². The van der Waals surface area contributed by atoms with Crippen LogP contribution in [-0.4, -0.2) is 19.5 Å². The molecule has 3 N–H and O–H groups in total. The number of thiocarbonyl (C=S) groups is 1. The summed E-state index contributed by atoms with van der Waals surface area (Å²) in [5.74, 6) is 1.62. The van der Waals surface area contributed by atoms with Crippen LogP contribution in [0.1, 0.15) is 17.0 Å². The molecular formula is C12H15N5S. The Hall–Kier alpha value is -1.95. The zero-order chi connectivity index (χ0) is 13.1. The predicted octanol–water partition coefficient (Wildman–Crippen LogP) is 1.37. The highest BCUT2D eigenvalue weighted by Crippen LogP contribution is 2.17. The molecule has 6 heteroatoms. The van der Waals surface area contributed by atoms with Crippen molar-refractivity contribution in [2.45, 2.75) is 13.5 Å². The van der Waals surface area contributed by atoms with Gasteiger partial charge < -0.3 is 15.6 Å². The molecule has 5 nitrogen and oxygen atoms in total. The van der Waals surface area contributed by atoms with Crippen molar-refractivity contribution < 1.29 is 0 Å². The molecule has 0 aromatic carbocycles. The molecule has 0 unspecified atom stereocenters.